The molecule has 1 heterocycles. The molecule has 2 aromatic carbocycles. The van der Waals surface area contributed by atoms with Gasteiger partial charge in [0.05, 0.1) is 15.6 Å². The minimum Gasteiger partial charge on any atom is -0.398 e. The first-order valence-electron chi connectivity index (χ1n) is 5.80. The van der Waals surface area contributed by atoms with Crippen molar-refractivity contribution in [2.45, 2.75) is 0 Å². The summed E-state index contributed by atoms with van der Waals surface area (Å²) in [6.45, 7) is 0. The molecule has 1 aromatic heterocycles. The van der Waals surface area contributed by atoms with Gasteiger partial charge in [-0.15, -0.1) is 0 Å². The van der Waals surface area contributed by atoms with Crippen LogP contribution in [-0.2, 0) is 0 Å². The summed E-state index contributed by atoms with van der Waals surface area (Å²) in [4.78, 5) is 4.31. The molecule has 3 aromatic rings. The summed E-state index contributed by atoms with van der Waals surface area (Å²) < 4.78 is 5.24. The molecule has 3 rings (SSSR count). The van der Waals surface area contributed by atoms with E-state index in [1.54, 1.807) is 24.3 Å². The first-order chi connectivity index (χ1) is 9.66. The number of anilines is 1. The largest absolute Gasteiger partial charge is 0.398 e. The van der Waals surface area contributed by atoms with Gasteiger partial charge >= 0.3 is 0 Å². The van der Waals surface area contributed by atoms with E-state index >= 15 is 0 Å². The predicted octanol–water partition coefficient (Wildman–Crippen LogP) is 4.29. The van der Waals surface area contributed by atoms with Crippen LogP contribution in [0.4, 0.5) is 5.69 Å². The molecule has 4 nitrogen and oxygen atoms in total. The third-order valence-electron chi connectivity index (χ3n) is 2.80. The minimum absolute atomic E-state index is 0.263. The molecule has 0 aliphatic carbocycles. The summed E-state index contributed by atoms with van der Waals surface area (Å²) in [6, 6.07) is 12.5. The van der Waals surface area contributed by atoms with Crippen LogP contribution in [0.25, 0.3) is 22.8 Å². The molecule has 0 unspecified atom stereocenters. The second-order valence-electron chi connectivity index (χ2n) is 4.11. The van der Waals surface area contributed by atoms with E-state index in [0.717, 1.165) is 0 Å². The number of rotatable bonds is 2. The molecule has 2 N–H and O–H groups in total. The average molecular weight is 306 g/mol. The summed E-state index contributed by atoms with van der Waals surface area (Å²) in [5, 5.41) is 4.83. The number of hydrogen-bond acceptors (Lipinski definition) is 4. The Kier molecular flexibility index (Phi) is 3.34. The fourth-order valence-electron chi connectivity index (χ4n) is 1.84. The normalized spacial score (nSPS) is 10.7. The van der Waals surface area contributed by atoms with Crippen molar-refractivity contribution >= 4 is 28.9 Å². The fraction of sp³-hybridized carbons (Fsp3) is 0. The summed E-state index contributed by atoms with van der Waals surface area (Å²) >= 11 is 12.2. The van der Waals surface area contributed by atoms with Crippen molar-refractivity contribution in [1.29, 1.82) is 0 Å². The standard InChI is InChI=1S/C14H9Cl2N3O/c15-9-5-3-6-10(16)12(9)14-18-13(19-20-14)8-4-1-2-7-11(8)17/h1-7H,17H2. The number of halogens is 2. The zero-order valence-electron chi connectivity index (χ0n) is 10.2. The summed E-state index contributed by atoms with van der Waals surface area (Å²) in [5.41, 5.74) is 7.68. The maximum atomic E-state index is 6.11. The second kappa shape index (κ2) is 5.15. The van der Waals surface area contributed by atoms with Crippen LogP contribution in [0.3, 0.4) is 0 Å². The van der Waals surface area contributed by atoms with Gasteiger partial charge in [0.2, 0.25) is 5.82 Å². The highest BCUT2D eigenvalue weighted by Gasteiger charge is 2.17. The zero-order chi connectivity index (χ0) is 14.1. The number of aromatic nitrogens is 2. The Morgan fingerprint density at radius 3 is 2.35 bits per heavy atom. The Morgan fingerprint density at radius 1 is 0.950 bits per heavy atom. The van der Waals surface area contributed by atoms with Crippen molar-refractivity contribution in [3.8, 4) is 22.8 Å². The lowest BCUT2D eigenvalue weighted by Gasteiger charge is -2.00. The van der Waals surface area contributed by atoms with Crippen molar-refractivity contribution in [3.63, 3.8) is 0 Å². The van der Waals surface area contributed by atoms with E-state index in [4.69, 9.17) is 33.5 Å². The molecular formula is C14H9Cl2N3O. The van der Waals surface area contributed by atoms with Crippen LogP contribution in [0, 0.1) is 0 Å². The van der Waals surface area contributed by atoms with Crippen molar-refractivity contribution in [2.75, 3.05) is 5.73 Å². The lowest BCUT2D eigenvalue weighted by molar-refractivity contribution is 0.432. The lowest BCUT2D eigenvalue weighted by atomic mass is 10.1. The molecule has 0 bridgehead atoms. The van der Waals surface area contributed by atoms with Gasteiger partial charge in [-0.25, -0.2) is 0 Å². The van der Waals surface area contributed by atoms with Crippen LogP contribution in [0.15, 0.2) is 47.0 Å². The number of hydrogen-bond donors (Lipinski definition) is 1. The van der Waals surface area contributed by atoms with Crippen LogP contribution in [0.2, 0.25) is 10.0 Å². The molecule has 0 amide bonds. The molecular weight excluding hydrogens is 297 g/mol. The summed E-state index contributed by atoms with van der Waals surface area (Å²) in [6.07, 6.45) is 0. The Labute approximate surface area is 125 Å². The highest BCUT2D eigenvalue weighted by Crippen LogP contribution is 2.34. The molecule has 6 heteroatoms. The topological polar surface area (TPSA) is 64.9 Å². The first-order valence-corrected chi connectivity index (χ1v) is 6.55. The van der Waals surface area contributed by atoms with Gasteiger partial charge < -0.3 is 10.3 Å². The van der Waals surface area contributed by atoms with E-state index < -0.39 is 0 Å². The lowest BCUT2D eigenvalue weighted by Crippen LogP contribution is -1.90. The maximum absolute atomic E-state index is 6.11. The van der Waals surface area contributed by atoms with Gasteiger partial charge in [0.1, 0.15) is 0 Å². The van der Waals surface area contributed by atoms with Crippen LogP contribution < -0.4 is 5.73 Å². The molecule has 0 aliphatic rings. The first kappa shape index (κ1) is 13.0. The van der Waals surface area contributed by atoms with Crippen LogP contribution in [-0.4, -0.2) is 10.1 Å². The third-order valence-corrected chi connectivity index (χ3v) is 3.43. The Morgan fingerprint density at radius 2 is 1.65 bits per heavy atom. The molecule has 0 saturated heterocycles. The highest BCUT2D eigenvalue weighted by molar-refractivity contribution is 6.38. The van der Waals surface area contributed by atoms with Crippen molar-refractivity contribution in [3.05, 3.63) is 52.5 Å². The van der Waals surface area contributed by atoms with Crippen molar-refractivity contribution < 1.29 is 4.52 Å². The summed E-state index contributed by atoms with van der Waals surface area (Å²) in [7, 11) is 0. The van der Waals surface area contributed by atoms with Gasteiger partial charge in [0.15, 0.2) is 0 Å². The van der Waals surface area contributed by atoms with Gasteiger partial charge in [-0.3, -0.25) is 0 Å². The van der Waals surface area contributed by atoms with E-state index in [-0.39, 0.29) is 5.89 Å². The summed E-state index contributed by atoms with van der Waals surface area (Å²) in [5.74, 6) is 0.660. The number of benzene rings is 2. The molecule has 0 atom stereocenters. The number of para-hydroxylation sites is 1. The van der Waals surface area contributed by atoms with E-state index in [1.165, 1.54) is 0 Å². The highest BCUT2D eigenvalue weighted by atomic mass is 35.5. The van der Waals surface area contributed by atoms with Crippen LogP contribution >= 0.6 is 23.2 Å². The van der Waals surface area contributed by atoms with E-state index in [9.17, 15) is 0 Å². The number of nitrogens with zero attached hydrogens (tertiary/aromatic N) is 2. The third kappa shape index (κ3) is 2.24. The average Bonchev–Trinajstić information content (AvgIpc) is 2.88. The predicted molar refractivity (Wildman–Crippen MR) is 79.6 cm³/mol. The molecule has 0 saturated carbocycles. The van der Waals surface area contributed by atoms with Gasteiger partial charge in [0.25, 0.3) is 5.89 Å². The van der Waals surface area contributed by atoms with Crippen molar-refractivity contribution in [1.82, 2.24) is 10.1 Å². The number of nitrogens with two attached hydrogens (primary N) is 1. The van der Waals surface area contributed by atoms with E-state index in [0.29, 0.717) is 32.7 Å². The smallest absolute Gasteiger partial charge is 0.261 e. The zero-order valence-corrected chi connectivity index (χ0v) is 11.7. The minimum atomic E-state index is 0.263. The van der Waals surface area contributed by atoms with E-state index in [2.05, 4.69) is 10.1 Å². The van der Waals surface area contributed by atoms with Gasteiger partial charge in [-0.05, 0) is 24.3 Å². The monoisotopic (exact) mass is 305 g/mol. The van der Waals surface area contributed by atoms with E-state index in [1.807, 2.05) is 18.2 Å². The van der Waals surface area contributed by atoms with Gasteiger partial charge in [-0.1, -0.05) is 46.6 Å². The molecule has 0 fully saturated rings. The Bertz CT molecular complexity index is 750. The molecule has 20 heavy (non-hydrogen) atoms. The fourth-order valence-corrected chi connectivity index (χ4v) is 2.40. The van der Waals surface area contributed by atoms with Crippen LogP contribution in [0.1, 0.15) is 0 Å². The van der Waals surface area contributed by atoms with Gasteiger partial charge in [-0.2, -0.15) is 4.98 Å². The quantitative estimate of drug-likeness (QED) is 0.717. The van der Waals surface area contributed by atoms with Gasteiger partial charge in [0, 0.05) is 11.3 Å². The Hall–Kier alpha value is -2.04. The van der Waals surface area contributed by atoms with Crippen molar-refractivity contribution in [2.24, 2.45) is 0 Å². The molecule has 0 aliphatic heterocycles. The maximum Gasteiger partial charge on any atom is 0.261 e. The molecule has 0 radical (unpaired) electrons. The Balaban J connectivity index is 2.10. The van der Waals surface area contributed by atoms with Crippen LogP contribution in [0.5, 0.6) is 0 Å². The molecule has 0 spiro atoms. The number of nitrogen functional groups attached to an aromatic ring is 1. The second-order valence-corrected chi connectivity index (χ2v) is 4.92. The molecule has 100 valence electrons. The SMILES string of the molecule is Nc1ccccc1-c1noc(-c2c(Cl)cccc2Cl)n1.